The molecule has 0 radical (unpaired) electrons. The van der Waals surface area contributed by atoms with Crippen molar-refractivity contribution in [2.24, 2.45) is 11.3 Å². The van der Waals surface area contributed by atoms with Crippen LogP contribution in [0.5, 0.6) is 0 Å². The van der Waals surface area contributed by atoms with Gasteiger partial charge in [-0.25, -0.2) is 18.9 Å². The topological polar surface area (TPSA) is 130 Å². The molecule has 40 heavy (non-hydrogen) atoms. The second kappa shape index (κ2) is 10.7. The predicted molar refractivity (Wildman–Crippen MR) is 139 cm³/mol. The van der Waals surface area contributed by atoms with Crippen molar-refractivity contribution in [1.29, 1.82) is 0 Å². The number of piperidine rings is 2. The molecule has 12 nitrogen and oxygen atoms in total. The Bertz CT molecular complexity index is 1380. The average molecular weight is 554 g/mol. The SMILES string of the molecule is Cc1ncnn1-c1cc(F)ccc1CNC(=O)C1C(=O)C(=O)N2CCCOC=C2C12CCN(C(=O)N(C)C)CC2. The summed E-state index contributed by atoms with van der Waals surface area (Å²) in [5.41, 5.74) is 0.429. The molecule has 0 bridgehead atoms. The minimum Gasteiger partial charge on any atom is -0.499 e. The molecule has 2 saturated heterocycles. The number of hydrogen-bond donors (Lipinski definition) is 1. The van der Waals surface area contributed by atoms with Crippen molar-refractivity contribution in [3.8, 4) is 5.69 Å². The Morgan fingerprint density at radius 3 is 2.62 bits per heavy atom. The van der Waals surface area contributed by atoms with E-state index in [2.05, 4.69) is 15.4 Å². The Morgan fingerprint density at radius 2 is 1.95 bits per heavy atom. The fourth-order valence-corrected chi connectivity index (χ4v) is 5.88. The number of likely N-dealkylation sites (tertiary alicyclic amines) is 1. The number of ether oxygens (including phenoxy) is 1. The molecule has 3 aliphatic heterocycles. The number of ketones is 1. The van der Waals surface area contributed by atoms with Gasteiger partial charge in [-0.15, -0.1) is 0 Å². The van der Waals surface area contributed by atoms with E-state index in [1.54, 1.807) is 25.9 Å². The maximum Gasteiger partial charge on any atom is 0.319 e. The van der Waals surface area contributed by atoms with Crippen LogP contribution >= 0.6 is 0 Å². The molecule has 4 heterocycles. The number of hydrogen-bond acceptors (Lipinski definition) is 7. The Labute approximate surface area is 230 Å². The van der Waals surface area contributed by atoms with Crippen molar-refractivity contribution < 1.29 is 28.3 Å². The lowest BCUT2D eigenvalue weighted by Crippen LogP contribution is -2.62. The van der Waals surface area contributed by atoms with Crippen molar-refractivity contribution in [2.75, 3.05) is 40.3 Å². The highest BCUT2D eigenvalue weighted by atomic mass is 19.1. The van der Waals surface area contributed by atoms with Gasteiger partial charge in [-0.1, -0.05) is 6.07 Å². The Hall–Kier alpha value is -4.29. The summed E-state index contributed by atoms with van der Waals surface area (Å²) >= 11 is 0. The number of carbonyl (C=O) groups is 4. The molecule has 1 aromatic carbocycles. The maximum atomic E-state index is 14.1. The van der Waals surface area contributed by atoms with Crippen molar-refractivity contribution in [2.45, 2.75) is 32.7 Å². The number of benzene rings is 1. The number of aromatic nitrogens is 3. The standard InChI is InChI=1S/C27H32FN7O5/c1-17-30-16-31-35(17)20-13-19(28)6-5-18(20)14-29-24(37)22-23(36)25(38)34-9-4-12-40-15-21(34)27(22)7-10-33(11-8-27)26(39)32(2)3/h5-6,13,15-16,22H,4,7-12,14H2,1-3H3,(H,29,37). The number of carbonyl (C=O) groups excluding carboxylic acids is 4. The highest BCUT2D eigenvalue weighted by Crippen LogP contribution is 2.50. The molecule has 1 N–H and O–H groups in total. The monoisotopic (exact) mass is 553 g/mol. The molecule has 1 atom stereocenters. The molecule has 212 valence electrons. The van der Waals surface area contributed by atoms with Crippen LogP contribution in [0.3, 0.4) is 0 Å². The van der Waals surface area contributed by atoms with Gasteiger partial charge in [-0.3, -0.25) is 14.4 Å². The number of urea groups is 1. The molecule has 13 heteroatoms. The zero-order valence-corrected chi connectivity index (χ0v) is 22.7. The first-order valence-corrected chi connectivity index (χ1v) is 13.2. The number of halogens is 1. The van der Waals surface area contributed by atoms with Crippen LogP contribution in [0.2, 0.25) is 0 Å². The normalized spacial score (nSPS) is 20.4. The number of rotatable bonds is 4. The van der Waals surface area contributed by atoms with Crippen molar-refractivity contribution in [1.82, 2.24) is 34.8 Å². The largest absolute Gasteiger partial charge is 0.499 e. The summed E-state index contributed by atoms with van der Waals surface area (Å²) in [6.45, 7) is 2.99. The first kappa shape index (κ1) is 27.3. The third-order valence-corrected chi connectivity index (χ3v) is 7.93. The summed E-state index contributed by atoms with van der Waals surface area (Å²) < 4.78 is 21.3. The summed E-state index contributed by atoms with van der Waals surface area (Å²) in [6, 6.07) is 3.94. The lowest BCUT2D eigenvalue weighted by atomic mass is 9.62. The fraction of sp³-hybridized carbons (Fsp3) is 0.481. The van der Waals surface area contributed by atoms with Gasteiger partial charge in [0, 0.05) is 45.7 Å². The highest BCUT2D eigenvalue weighted by Gasteiger charge is 2.59. The molecule has 4 amide bonds. The van der Waals surface area contributed by atoms with Crippen LogP contribution in [0.25, 0.3) is 5.69 Å². The van der Waals surface area contributed by atoms with E-state index in [0.717, 1.165) is 0 Å². The van der Waals surface area contributed by atoms with Crippen LogP contribution in [0.15, 0.2) is 36.5 Å². The molecule has 2 aromatic rings. The second-order valence-corrected chi connectivity index (χ2v) is 10.5. The third-order valence-electron chi connectivity index (χ3n) is 7.93. The van der Waals surface area contributed by atoms with Gasteiger partial charge in [0.1, 0.15) is 30.1 Å². The minimum absolute atomic E-state index is 0.0354. The van der Waals surface area contributed by atoms with Crippen LogP contribution in [-0.2, 0) is 25.7 Å². The van der Waals surface area contributed by atoms with Gasteiger partial charge in [0.2, 0.25) is 11.7 Å². The number of nitrogens with one attached hydrogen (secondary N) is 1. The van der Waals surface area contributed by atoms with E-state index in [-0.39, 0.29) is 12.6 Å². The predicted octanol–water partition coefficient (Wildman–Crippen LogP) is 1.38. The van der Waals surface area contributed by atoms with Crippen LogP contribution in [0.1, 0.15) is 30.7 Å². The number of nitrogens with zero attached hydrogens (tertiary/aromatic N) is 6. The molecular weight excluding hydrogens is 521 g/mol. The number of aryl methyl sites for hydroxylation is 1. The molecule has 3 aliphatic rings. The first-order chi connectivity index (χ1) is 19.1. The quantitative estimate of drug-likeness (QED) is 0.447. The van der Waals surface area contributed by atoms with Crippen LogP contribution in [0, 0.1) is 24.1 Å². The summed E-state index contributed by atoms with van der Waals surface area (Å²) in [6.07, 6.45) is 4.00. The maximum absolute atomic E-state index is 14.1. The van der Waals surface area contributed by atoms with Crippen molar-refractivity contribution in [3.05, 3.63) is 53.7 Å². The van der Waals surface area contributed by atoms with Gasteiger partial charge in [0.15, 0.2) is 0 Å². The van der Waals surface area contributed by atoms with E-state index in [1.807, 2.05) is 0 Å². The Morgan fingerprint density at radius 1 is 1.20 bits per heavy atom. The van der Waals surface area contributed by atoms with E-state index < -0.39 is 34.7 Å². The molecule has 0 saturated carbocycles. The molecular formula is C27H32FN7O5. The van der Waals surface area contributed by atoms with Crippen LogP contribution < -0.4 is 5.32 Å². The summed E-state index contributed by atoms with van der Waals surface area (Å²) in [4.78, 5) is 62.0. The zero-order valence-electron chi connectivity index (χ0n) is 22.7. The van der Waals surface area contributed by atoms with Gasteiger partial charge in [0.05, 0.1) is 18.0 Å². The number of fused-ring (bicyclic) bond motifs is 2. The molecule has 1 unspecified atom stereocenters. The van der Waals surface area contributed by atoms with E-state index in [9.17, 15) is 23.6 Å². The van der Waals surface area contributed by atoms with Crippen molar-refractivity contribution in [3.63, 3.8) is 0 Å². The van der Waals surface area contributed by atoms with Crippen LogP contribution in [-0.4, -0.2) is 93.4 Å². The lowest BCUT2D eigenvalue weighted by molar-refractivity contribution is -0.158. The lowest BCUT2D eigenvalue weighted by Gasteiger charge is -2.51. The smallest absolute Gasteiger partial charge is 0.319 e. The van der Waals surface area contributed by atoms with Gasteiger partial charge in [0.25, 0.3) is 5.91 Å². The summed E-state index contributed by atoms with van der Waals surface area (Å²) in [5.74, 6) is -3.39. The van der Waals surface area contributed by atoms with Crippen molar-refractivity contribution >= 4 is 23.6 Å². The minimum atomic E-state index is -1.31. The number of amides is 4. The number of allylic oxidation sites excluding steroid dienone is 1. The summed E-state index contributed by atoms with van der Waals surface area (Å²) in [7, 11) is 3.33. The highest BCUT2D eigenvalue weighted by molar-refractivity contribution is 6.42. The van der Waals surface area contributed by atoms with Gasteiger partial charge in [-0.05, 0) is 43.9 Å². The van der Waals surface area contributed by atoms with Crippen LogP contribution in [0.4, 0.5) is 9.18 Å². The molecule has 5 rings (SSSR count). The average Bonchev–Trinajstić information content (AvgIpc) is 3.20. The molecule has 0 aliphatic carbocycles. The zero-order chi connectivity index (χ0) is 28.6. The van der Waals surface area contributed by atoms with E-state index >= 15 is 0 Å². The molecule has 2 fully saturated rings. The van der Waals surface area contributed by atoms with Gasteiger partial charge < -0.3 is 24.8 Å². The van der Waals surface area contributed by atoms with E-state index in [0.29, 0.717) is 68.3 Å². The molecule has 1 aromatic heterocycles. The second-order valence-electron chi connectivity index (χ2n) is 10.5. The number of Topliss-reactive ketones (excluding diaryl/α,β-unsaturated/α-hetero) is 1. The fourth-order valence-electron chi connectivity index (χ4n) is 5.88. The Balaban J connectivity index is 1.46. The van der Waals surface area contributed by atoms with E-state index in [1.165, 1.54) is 45.3 Å². The van der Waals surface area contributed by atoms with E-state index in [4.69, 9.17) is 4.74 Å². The Kier molecular flexibility index (Phi) is 7.30. The first-order valence-electron chi connectivity index (χ1n) is 13.2. The van der Waals surface area contributed by atoms with Gasteiger partial charge in [-0.2, -0.15) is 5.10 Å². The molecule has 1 spiro atoms. The van der Waals surface area contributed by atoms with Gasteiger partial charge >= 0.3 is 6.03 Å². The third kappa shape index (κ3) is 4.69. The summed E-state index contributed by atoms with van der Waals surface area (Å²) in [5, 5.41) is 6.97.